The van der Waals surface area contributed by atoms with Crippen molar-refractivity contribution in [2.24, 2.45) is 18.7 Å². The molecule has 5 heteroatoms. The first-order valence-corrected chi connectivity index (χ1v) is 6.23. The highest BCUT2D eigenvalue weighted by Gasteiger charge is 2.23. The predicted molar refractivity (Wildman–Crippen MR) is 66.5 cm³/mol. The number of hydrogen-bond acceptors (Lipinski definition) is 4. The van der Waals surface area contributed by atoms with Crippen molar-refractivity contribution in [3.05, 3.63) is 18.0 Å². The van der Waals surface area contributed by atoms with Gasteiger partial charge in [0.1, 0.15) is 0 Å². The maximum Gasteiger partial charge on any atom is 0.0588 e. The van der Waals surface area contributed by atoms with Gasteiger partial charge < -0.3 is 15.8 Å². The highest BCUT2D eigenvalue weighted by atomic mass is 16.5. The Hall–Kier alpha value is -0.910. The van der Waals surface area contributed by atoms with Gasteiger partial charge in [0.25, 0.3) is 0 Å². The smallest absolute Gasteiger partial charge is 0.0588 e. The van der Waals surface area contributed by atoms with Crippen LogP contribution >= 0.6 is 0 Å². The summed E-state index contributed by atoms with van der Waals surface area (Å²) in [5.74, 6) is 0.621. The summed E-state index contributed by atoms with van der Waals surface area (Å²) < 4.78 is 7.31. The van der Waals surface area contributed by atoms with Crippen LogP contribution < -0.4 is 11.1 Å². The number of ether oxygens (including phenoxy) is 1. The molecule has 1 aliphatic rings. The predicted octanol–water partition coefficient (Wildman–Crippen LogP) is 0.435. The highest BCUT2D eigenvalue weighted by Crippen LogP contribution is 2.19. The number of aromatic nitrogens is 2. The summed E-state index contributed by atoms with van der Waals surface area (Å²) in [5.41, 5.74) is 7.16. The highest BCUT2D eigenvalue weighted by molar-refractivity contribution is 5.09. The fraction of sp³-hybridized carbons (Fsp3) is 0.750. The second-order valence-electron chi connectivity index (χ2n) is 4.84. The van der Waals surface area contributed by atoms with Gasteiger partial charge >= 0.3 is 0 Å². The number of hydrogen-bond donors (Lipinski definition) is 2. The molecule has 1 aliphatic heterocycles. The molecule has 1 aromatic rings. The van der Waals surface area contributed by atoms with Crippen molar-refractivity contribution in [3.8, 4) is 0 Å². The van der Waals surface area contributed by atoms with Gasteiger partial charge in [-0.05, 0) is 19.3 Å². The molecule has 0 aromatic carbocycles. The molecule has 0 radical (unpaired) electrons. The molecule has 17 heavy (non-hydrogen) atoms. The van der Waals surface area contributed by atoms with Crippen LogP contribution in [0.15, 0.2) is 12.4 Å². The average molecular weight is 238 g/mol. The first kappa shape index (κ1) is 12.5. The van der Waals surface area contributed by atoms with Gasteiger partial charge in [0.05, 0.1) is 12.3 Å². The minimum absolute atomic E-state index is 0.0151. The van der Waals surface area contributed by atoms with Crippen LogP contribution in [0.25, 0.3) is 0 Å². The molecule has 0 aliphatic carbocycles. The van der Waals surface area contributed by atoms with E-state index in [4.69, 9.17) is 10.5 Å². The molecule has 3 N–H and O–H groups in total. The van der Waals surface area contributed by atoms with Gasteiger partial charge in [-0.1, -0.05) is 0 Å². The van der Waals surface area contributed by atoms with E-state index in [2.05, 4.69) is 17.3 Å². The average Bonchev–Trinajstić information content (AvgIpc) is 2.88. The fourth-order valence-electron chi connectivity index (χ4n) is 2.22. The molecule has 5 nitrogen and oxygen atoms in total. The van der Waals surface area contributed by atoms with Crippen LogP contribution in [0.4, 0.5) is 0 Å². The Morgan fingerprint density at radius 2 is 2.53 bits per heavy atom. The van der Waals surface area contributed by atoms with Crippen LogP contribution in [-0.4, -0.2) is 35.6 Å². The summed E-state index contributed by atoms with van der Waals surface area (Å²) in [4.78, 5) is 0. The molecule has 2 heterocycles. The lowest BCUT2D eigenvalue weighted by Crippen LogP contribution is -2.32. The SMILES string of the molecule is CC1OCCC1CNCC(N)c1cnn(C)c1. The molecular weight excluding hydrogens is 216 g/mol. The number of aryl methyl sites for hydroxylation is 1. The van der Waals surface area contributed by atoms with Gasteiger partial charge in [0, 0.05) is 44.5 Å². The second kappa shape index (κ2) is 5.62. The van der Waals surface area contributed by atoms with Crippen molar-refractivity contribution < 1.29 is 4.74 Å². The van der Waals surface area contributed by atoms with E-state index in [0.717, 1.165) is 31.7 Å². The van der Waals surface area contributed by atoms with Crippen molar-refractivity contribution in [1.82, 2.24) is 15.1 Å². The third-order valence-electron chi connectivity index (χ3n) is 3.46. The minimum Gasteiger partial charge on any atom is -0.378 e. The summed E-state index contributed by atoms with van der Waals surface area (Å²) in [6, 6.07) is 0.0151. The van der Waals surface area contributed by atoms with Gasteiger partial charge in [-0.3, -0.25) is 4.68 Å². The van der Waals surface area contributed by atoms with E-state index in [1.54, 1.807) is 4.68 Å². The molecule has 3 unspecified atom stereocenters. The molecule has 1 aromatic heterocycles. The normalized spacial score (nSPS) is 26.3. The van der Waals surface area contributed by atoms with Crippen LogP contribution in [0, 0.1) is 5.92 Å². The largest absolute Gasteiger partial charge is 0.378 e. The quantitative estimate of drug-likeness (QED) is 0.781. The lowest BCUT2D eigenvalue weighted by Gasteiger charge is -2.16. The zero-order valence-electron chi connectivity index (χ0n) is 10.6. The van der Waals surface area contributed by atoms with Crippen molar-refractivity contribution in [1.29, 1.82) is 0 Å². The number of nitrogens with two attached hydrogens (primary N) is 1. The second-order valence-corrected chi connectivity index (χ2v) is 4.84. The van der Waals surface area contributed by atoms with E-state index in [1.807, 2.05) is 19.4 Å². The van der Waals surface area contributed by atoms with Gasteiger partial charge in [0.15, 0.2) is 0 Å². The Morgan fingerprint density at radius 3 is 3.12 bits per heavy atom. The van der Waals surface area contributed by atoms with Crippen LogP contribution in [-0.2, 0) is 11.8 Å². The lowest BCUT2D eigenvalue weighted by molar-refractivity contribution is 0.105. The minimum atomic E-state index is 0.0151. The molecule has 3 atom stereocenters. The van der Waals surface area contributed by atoms with Crippen LogP contribution in [0.3, 0.4) is 0 Å². The van der Waals surface area contributed by atoms with Gasteiger partial charge in [-0.2, -0.15) is 5.10 Å². The maximum atomic E-state index is 6.08. The molecule has 0 saturated carbocycles. The summed E-state index contributed by atoms with van der Waals surface area (Å²) in [6.45, 7) is 4.80. The number of rotatable bonds is 5. The molecule has 0 spiro atoms. The Morgan fingerprint density at radius 1 is 1.71 bits per heavy atom. The van der Waals surface area contributed by atoms with Gasteiger partial charge in [-0.15, -0.1) is 0 Å². The number of nitrogens with one attached hydrogen (secondary N) is 1. The third-order valence-corrected chi connectivity index (χ3v) is 3.46. The Kier molecular flexibility index (Phi) is 4.15. The summed E-state index contributed by atoms with van der Waals surface area (Å²) in [5, 5.41) is 7.55. The van der Waals surface area contributed by atoms with Crippen molar-refractivity contribution >= 4 is 0 Å². The van der Waals surface area contributed by atoms with E-state index in [-0.39, 0.29) is 6.04 Å². The molecule has 1 saturated heterocycles. The van der Waals surface area contributed by atoms with E-state index in [9.17, 15) is 0 Å². The van der Waals surface area contributed by atoms with E-state index in [1.165, 1.54) is 0 Å². The summed E-state index contributed by atoms with van der Waals surface area (Å²) in [7, 11) is 1.90. The molecule has 0 bridgehead atoms. The summed E-state index contributed by atoms with van der Waals surface area (Å²) >= 11 is 0. The molecular formula is C12H22N4O. The zero-order chi connectivity index (χ0) is 12.3. The summed E-state index contributed by atoms with van der Waals surface area (Å²) in [6.07, 6.45) is 5.31. The maximum absolute atomic E-state index is 6.08. The van der Waals surface area contributed by atoms with E-state index in [0.29, 0.717) is 12.0 Å². The molecule has 2 rings (SSSR count). The monoisotopic (exact) mass is 238 g/mol. The first-order chi connectivity index (χ1) is 8.16. The Balaban J connectivity index is 1.71. The molecule has 1 fully saturated rings. The Bertz CT molecular complexity index is 352. The molecule has 0 amide bonds. The van der Waals surface area contributed by atoms with Crippen LogP contribution in [0.2, 0.25) is 0 Å². The van der Waals surface area contributed by atoms with Gasteiger partial charge in [-0.25, -0.2) is 0 Å². The van der Waals surface area contributed by atoms with Crippen molar-refractivity contribution in [2.75, 3.05) is 19.7 Å². The van der Waals surface area contributed by atoms with Crippen molar-refractivity contribution in [2.45, 2.75) is 25.5 Å². The van der Waals surface area contributed by atoms with Crippen LogP contribution in [0.5, 0.6) is 0 Å². The third kappa shape index (κ3) is 3.28. The standard InChI is InChI=1S/C12H22N4O/c1-9-10(3-4-17-9)5-14-7-12(13)11-6-15-16(2)8-11/h6,8-10,12,14H,3-5,7,13H2,1-2H3. The first-order valence-electron chi connectivity index (χ1n) is 6.23. The van der Waals surface area contributed by atoms with Crippen LogP contribution in [0.1, 0.15) is 24.9 Å². The van der Waals surface area contributed by atoms with Crippen molar-refractivity contribution in [3.63, 3.8) is 0 Å². The number of nitrogens with zero attached hydrogens (tertiary/aromatic N) is 2. The fourth-order valence-corrected chi connectivity index (χ4v) is 2.22. The lowest BCUT2D eigenvalue weighted by atomic mass is 10.0. The Labute approximate surface area is 102 Å². The van der Waals surface area contributed by atoms with Gasteiger partial charge in [0.2, 0.25) is 0 Å². The molecule has 96 valence electrons. The topological polar surface area (TPSA) is 65.1 Å². The van der Waals surface area contributed by atoms with E-state index >= 15 is 0 Å². The zero-order valence-corrected chi connectivity index (χ0v) is 10.6. The van der Waals surface area contributed by atoms with E-state index < -0.39 is 0 Å².